The van der Waals surface area contributed by atoms with E-state index in [1.807, 2.05) is 13.0 Å². The Morgan fingerprint density at radius 3 is 2.75 bits per heavy atom. The number of furan rings is 1. The van der Waals surface area contributed by atoms with Gasteiger partial charge in [0.1, 0.15) is 17.1 Å². The van der Waals surface area contributed by atoms with E-state index in [4.69, 9.17) is 4.42 Å². The Morgan fingerprint density at radius 2 is 2.33 bits per heavy atom. The van der Waals surface area contributed by atoms with E-state index in [1.165, 1.54) is 0 Å². The molecule has 1 N–H and O–H groups in total. The summed E-state index contributed by atoms with van der Waals surface area (Å²) >= 11 is 0. The van der Waals surface area contributed by atoms with Gasteiger partial charge < -0.3 is 9.52 Å². The summed E-state index contributed by atoms with van der Waals surface area (Å²) in [5.41, 5.74) is -0.921. The van der Waals surface area contributed by atoms with Crippen molar-refractivity contribution in [3.8, 4) is 0 Å². The average Bonchev–Trinajstić information content (AvgIpc) is 2.36. The molecule has 0 bridgehead atoms. The number of aliphatic hydroxyl groups is 1. The molecule has 0 radical (unpaired) electrons. The topological polar surface area (TPSA) is 33.4 Å². The molecule has 0 saturated heterocycles. The lowest BCUT2D eigenvalue weighted by Crippen LogP contribution is -2.18. The summed E-state index contributed by atoms with van der Waals surface area (Å²) in [4.78, 5) is 0. The Hall–Kier alpha value is -1.02. The van der Waals surface area contributed by atoms with E-state index >= 15 is 0 Å². The molecule has 0 fully saturated rings. The first-order valence-corrected chi connectivity index (χ1v) is 3.96. The van der Waals surface area contributed by atoms with Crippen molar-refractivity contribution in [3.05, 3.63) is 36.3 Å². The first-order chi connectivity index (χ1) is 5.56. The normalized spacial score (nSPS) is 15.6. The highest BCUT2D eigenvalue weighted by atomic mass is 16.4. The third kappa shape index (κ3) is 1.77. The monoisotopic (exact) mass is 166 g/mol. The van der Waals surface area contributed by atoms with E-state index in [0.29, 0.717) is 12.2 Å². The molecule has 1 rings (SSSR count). The van der Waals surface area contributed by atoms with Crippen molar-refractivity contribution in [2.75, 3.05) is 0 Å². The van der Waals surface area contributed by atoms with Gasteiger partial charge in [-0.3, -0.25) is 0 Å². The fourth-order valence-electron chi connectivity index (χ4n) is 1.11. The van der Waals surface area contributed by atoms with Gasteiger partial charge in [-0.2, -0.15) is 0 Å². The molecular formula is C10H14O2. The lowest BCUT2D eigenvalue weighted by molar-refractivity contribution is 0.0364. The quantitative estimate of drug-likeness (QED) is 0.699. The van der Waals surface area contributed by atoms with Crippen LogP contribution in [0.4, 0.5) is 0 Å². The number of rotatable bonds is 3. The van der Waals surface area contributed by atoms with Crippen molar-refractivity contribution < 1.29 is 9.52 Å². The molecular weight excluding hydrogens is 152 g/mol. The van der Waals surface area contributed by atoms with E-state index in [1.54, 1.807) is 19.1 Å². The van der Waals surface area contributed by atoms with Gasteiger partial charge in [0.2, 0.25) is 0 Å². The summed E-state index contributed by atoms with van der Waals surface area (Å²) in [6.07, 6.45) is 2.18. The number of hydrogen-bond acceptors (Lipinski definition) is 2. The van der Waals surface area contributed by atoms with Crippen molar-refractivity contribution in [3.63, 3.8) is 0 Å². The minimum Gasteiger partial charge on any atom is -0.463 e. The molecule has 1 heterocycles. The minimum atomic E-state index is -0.921. The van der Waals surface area contributed by atoms with Crippen LogP contribution in [0.15, 0.2) is 29.2 Å². The van der Waals surface area contributed by atoms with Crippen LogP contribution in [0.5, 0.6) is 0 Å². The van der Waals surface area contributed by atoms with Gasteiger partial charge in [0.15, 0.2) is 0 Å². The lowest BCUT2D eigenvalue weighted by atomic mass is 10.00. The second kappa shape index (κ2) is 3.15. The maximum Gasteiger partial charge on any atom is 0.135 e. The minimum absolute atomic E-state index is 0.500. The van der Waals surface area contributed by atoms with Gasteiger partial charge >= 0.3 is 0 Å². The average molecular weight is 166 g/mol. The summed E-state index contributed by atoms with van der Waals surface area (Å²) in [5, 5.41) is 9.83. The molecule has 0 aliphatic heterocycles. The smallest absolute Gasteiger partial charge is 0.135 e. The molecule has 2 nitrogen and oxygen atoms in total. The van der Waals surface area contributed by atoms with Crippen molar-refractivity contribution >= 4 is 0 Å². The molecule has 1 unspecified atom stereocenters. The Kier molecular flexibility index (Phi) is 2.38. The Balaban J connectivity index is 2.88. The van der Waals surface area contributed by atoms with Crippen molar-refractivity contribution in [1.82, 2.24) is 0 Å². The van der Waals surface area contributed by atoms with Crippen LogP contribution in [0.3, 0.4) is 0 Å². The van der Waals surface area contributed by atoms with Crippen LogP contribution in [0.2, 0.25) is 0 Å². The molecule has 0 aromatic carbocycles. The third-order valence-corrected chi connectivity index (χ3v) is 1.81. The summed E-state index contributed by atoms with van der Waals surface area (Å²) < 4.78 is 5.30. The van der Waals surface area contributed by atoms with E-state index < -0.39 is 5.60 Å². The van der Waals surface area contributed by atoms with Crippen LogP contribution in [0.1, 0.15) is 24.9 Å². The molecule has 2 heteroatoms. The van der Waals surface area contributed by atoms with Crippen LogP contribution in [-0.2, 0) is 5.60 Å². The van der Waals surface area contributed by atoms with Crippen molar-refractivity contribution in [2.45, 2.75) is 25.9 Å². The first kappa shape index (κ1) is 9.07. The second-order valence-corrected chi connectivity index (χ2v) is 3.18. The Labute approximate surface area is 72.5 Å². The van der Waals surface area contributed by atoms with Crippen molar-refractivity contribution in [1.29, 1.82) is 0 Å². The summed E-state index contributed by atoms with van der Waals surface area (Å²) in [7, 11) is 0. The highest BCUT2D eigenvalue weighted by Gasteiger charge is 2.24. The fourth-order valence-corrected chi connectivity index (χ4v) is 1.11. The van der Waals surface area contributed by atoms with Gasteiger partial charge in [0.05, 0.1) is 0 Å². The molecule has 1 atom stereocenters. The van der Waals surface area contributed by atoms with Crippen molar-refractivity contribution in [2.24, 2.45) is 0 Å². The predicted molar refractivity (Wildman–Crippen MR) is 47.8 cm³/mol. The summed E-state index contributed by atoms with van der Waals surface area (Å²) in [5.74, 6) is 1.41. The maximum atomic E-state index is 9.83. The first-order valence-electron chi connectivity index (χ1n) is 3.96. The highest BCUT2D eigenvalue weighted by molar-refractivity contribution is 5.13. The highest BCUT2D eigenvalue weighted by Crippen LogP contribution is 2.26. The van der Waals surface area contributed by atoms with Crippen LogP contribution < -0.4 is 0 Å². The van der Waals surface area contributed by atoms with E-state index in [2.05, 4.69) is 6.58 Å². The maximum absolute atomic E-state index is 9.83. The lowest BCUT2D eigenvalue weighted by Gasteiger charge is -2.18. The zero-order valence-electron chi connectivity index (χ0n) is 7.50. The molecule has 0 amide bonds. The number of hydrogen-bond donors (Lipinski definition) is 1. The van der Waals surface area contributed by atoms with Gasteiger partial charge in [0, 0.05) is 6.42 Å². The standard InChI is InChI=1S/C10H14O2/c1-4-7-10(3,11)9-6-5-8(2)12-9/h4-6,11H,1,7H2,2-3H3. The predicted octanol–water partition coefficient (Wildman–Crippen LogP) is 2.37. The van der Waals surface area contributed by atoms with Gasteiger partial charge in [-0.05, 0) is 26.0 Å². The second-order valence-electron chi connectivity index (χ2n) is 3.18. The van der Waals surface area contributed by atoms with Gasteiger partial charge in [0.25, 0.3) is 0 Å². The molecule has 12 heavy (non-hydrogen) atoms. The van der Waals surface area contributed by atoms with Gasteiger partial charge in [-0.15, -0.1) is 6.58 Å². The fraction of sp³-hybridized carbons (Fsp3) is 0.400. The largest absolute Gasteiger partial charge is 0.463 e. The Bertz CT molecular complexity index is 271. The SMILES string of the molecule is C=CCC(C)(O)c1ccc(C)o1. The van der Waals surface area contributed by atoms with E-state index in [0.717, 1.165) is 5.76 Å². The van der Waals surface area contributed by atoms with Crippen LogP contribution in [-0.4, -0.2) is 5.11 Å². The summed E-state index contributed by atoms with van der Waals surface area (Å²) in [6, 6.07) is 3.63. The van der Waals surface area contributed by atoms with E-state index in [9.17, 15) is 5.11 Å². The number of aryl methyl sites for hydroxylation is 1. The molecule has 1 aromatic rings. The van der Waals surface area contributed by atoms with Gasteiger partial charge in [-0.25, -0.2) is 0 Å². The molecule has 0 spiro atoms. The molecule has 66 valence electrons. The zero-order chi connectivity index (χ0) is 9.19. The molecule has 1 aromatic heterocycles. The Morgan fingerprint density at radius 1 is 1.67 bits per heavy atom. The van der Waals surface area contributed by atoms with Crippen LogP contribution in [0.25, 0.3) is 0 Å². The zero-order valence-corrected chi connectivity index (χ0v) is 7.50. The van der Waals surface area contributed by atoms with Crippen LogP contribution >= 0.6 is 0 Å². The third-order valence-electron chi connectivity index (χ3n) is 1.81. The van der Waals surface area contributed by atoms with Crippen LogP contribution in [0, 0.1) is 6.92 Å². The molecule has 0 saturated carbocycles. The molecule has 0 aliphatic carbocycles. The van der Waals surface area contributed by atoms with E-state index in [-0.39, 0.29) is 0 Å². The van der Waals surface area contributed by atoms with Gasteiger partial charge in [-0.1, -0.05) is 6.08 Å². The summed E-state index contributed by atoms with van der Waals surface area (Å²) in [6.45, 7) is 7.15. The molecule has 0 aliphatic rings.